The van der Waals surface area contributed by atoms with Gasteiger partial charge in [0.1, 0.15) is 24.7 Å². The molecule has 0 atom stereocenters. The molecule has 7 nitrogen and oxygen atoms in total. The third-order valence-corrected chi connectivity index (χ3v) is 3.74. The topological polar surface area (TPSA) is 77.0 Å². The van der Waals surface area contributed by atoms with Crippen LogP contribution in [-0.2, 0) is 11.3 Å². The standard InChI is InChI=1S/C20H28N4O3.HI/c1-16-6-7-17(19(13-16)27-12-11-25-3)14-24-20(21-2)23-9-10-26-18-5-4-8-22-15-18;/h4-8,13,15H,9-12,14H2,1-3H3,(H2,21,23,24);1H. The molecule has 1 aromatic heterocycles. The van der Waals surface area contributed by atoms with Crippen molar-refractivity contribution >= 4 is 29.9 Å². The Morgan fingerprint density at radius 2 is 1.96 bits per heavy atom. The molecule has 0 aliphatic carbocycles. The highest BCUT2D eigenvalue weighted by molar-refractivity contribution is 14.0. The third-order valence-electron chi connectivity index (χ3n) is 3.74. The number of guanidine groups is 1. The van der Waals surface area contributed by atoms with Crippen molar-refractivity contribution in [3.63, 3.8) is 0 Å². The van der Waals surface area contributed by atoms with Gasteiger partial charge in [-0.05, 0) is 30.7 Å². The van der Waals surface area contributed by atoms with Crippen molar-refractivity contribution in [1.29, 1.82) is 0 Å². The van der Waals surface area contributed by atoms with Crippen molar-refractivity contribution in [2.45, 2.75) is 13.5 Å². The van der Waals surface area contributed by atoms with Crippen molar-refractivity contribution in [3.05, 3.63) is 53.9 Å². The maximum atomic E-state index is 5.82. The van der Waals surface area contributed by atoms with Gasteiger partial charge in [-0.3, -0.25) is 9.98 Å². The van der Waals surface area contributed by atoms with Crippen LogP contribution in [0.2, 0.25) is 0 Å². The summed E-state index contributed by atoms with van der Waals surface area (Å²) in [4.78, 5) is 8.25. The molecular weight excluding hydrogens is 471 g/mol. The first kappa shape index (κ1) is 24.0. The van der Waals surface area contributed by atoms with Crippen LogP contribution in [0.3, 0.4) is 0 Å². The molecule has 0 spiro atoms. The summed E-state index contributed by atoms with van der Waals surface area (Å²) < 4.78 is 16.5. The number of aromatic nitrogens is 1. The number of ether oxygens (including phenoxy) is 3. The van der Waals surface area contributed by atoms with Crippen molar-refractivity contribution in [3.8, 4) is 11.5 Å². The number of benzene rings is 1. The molecule has 0 unspecified atom stereocenters. The first-order valence-corrected chi connectivity index (χ1v) is 8.91. The molecule has 0 saturated carbocycles. The predicted octanol–water partition coefficient (Wildman–Crippen LogP) is 2.78. The normalized spacial score (nSPS) is 10.8. The summed E-state index contributed by atoms with van der Waals surface area (Å²) in [5.41, 5.74) is 2.22. The largest absolute Gasteiger partial charge is 0.491 e. The van der Waals surface area contributed by atoms with Gasteiger partial charge in [0.25, 0.3) is 0 Å². The van der Waals surface area contributed by atoms with Crippen LogP contribution < -0.4 is 20.1 Å². The summed E-state index contributed by atoms with van der Waals surface area (Å²) in [5, 5.41) is 6.52. The number of pyridine rings is 1. The second kappa shape index (κ2) is 14.0. The molecule has 2 rings (SSSR count). The van der Waals surface area contributed by atoms with Crippen molar-refractivity contribution in [1.82, 2.24) is 15.6 Å². The molecule has 0 fully saturated rings. The summed E-state index contributed by atoms with van der Waals surface area (Å²) in [6, 6.07) is 9.88. The Labute approximate surface area is 183 Å². The van der Waals surface area contributed by atoms with Gasteiger partial charge in [-0.15, -0.1) is 24.0 Å². The van der Waals surface area contributed by atoms with Gasteiger partial charge < -0.3 is 24.8 Å². The Morgan fingerprint density at radius 1 is 1.11 bits per heavy atom. The van der Waals surface area contributed by atoms with E-state index in [0.717, 1.165) is 22.6 Å². The molecular formula is C20H29IN4O3. The van der Waals surface area contributed by atoms with Gasteiger partial charge >= 0.3 is 0 Å². The molecule has 0 aliphatic rings. The quantitative estimate of drug-likeness (QED) is 0.226. The van der Waals surface area contributed by atoms with Crippen molar-refractivity contribution < 1.29 is 14.2 Å². The summed E-state index contributed by atoms with van der Waals surface area (Å²) >= 11 is 0. The van der Waals surface area contributed by atoms with Crippen LogP contribution in [0.4, 0.5) is 0 Å². The van der Waals surface area contributed by atoms with Crippen LogP contribution in [0.5, 0.6) is 11.5 Å². The van der Waals surface area contributed by atoms with Crippen LogP contribution in [-0.4, -0.2) is 51.5 Å². The zero-order chi connectivity index (χ0) is 19.3. The highest BCUT2D eigenvalue weighted by Gasteiger charge is 2.06. The molecule has 0 radical (unpaired) electrons. The van der Waals surface area contributed by atoms with E-state index in [0.29, 0.717) is 38.9 Å². The molecule has 0 amide bonds. The maximum Gasteiger partial charge on any atom is 0.191 e. The number of hydrogen-bond acceptors (Lipinski definition) is 5. The number of hydrogen-bond donors (Lipinski definition) is 2. The first-order chi connectivity index (χ1) is 13.2. The van der Waals surface area contributed by atoms with Crippen molar-refractivity contribution in [2.24, 2.45) is 4.99 Å². The van der Waals surface area contributed by atoms with E-state index in [-0.39, 0.29) is 24.0 Å². The van der Waals surface area contributed by atoms with Gasteiger partial charge in [0.05, 0.1) is 19.3 Å². The summed E-state index contributed by atoms with van der Waals surface area (Å²) in [5.74, 6) is 2.31. The molecule has 2 aromatic rings. The zero-order valence-electron chi connectivity index (χ0n) is 16.6. The fraction of sp³-hybridized carbons (Fsp3) is 0.400. The lowest BCUT2D eigenvalue weighted by atomic mass is 10.1. The van der Waals surface area contributed by atoms with E-state index < -0.39 is 0 Å². The Morgan fingerprint density at radius 3 is 2.68 bits per heavy atom. The van der Waals surface area contributed by atoms with Crippen LogP contribution in [0.1, 0.15) is 11.1 Å². The maximum absolute atomic E-state index is 5.82. The highest BCUT2D eigenvalue weighted by atomic mass is 127. The lowest BCUT2D eigenvalue weighted by Gasteiger charge is -2.15. The van der Waals surface area contributed by atoms with Crippen LogP contribution in [0.25, 0.3) is 0 Å². The van der Waals surface area contributed by atoms with Crippen molar-refractivity contribution in [2.75, 3.05) is 40.5 Å². The first-order valence-electron chi connectivity index (χ1n) is 8.91. The Balaban J connectivity index is 0.00000392. The number of rotatable bonds is 10. The minimum absolute atomic E-state index is 0. The monoisotopic (exact) mass is 500 g/mol. The van der Waals surface area contributed by atoms with Gasteiger partial charge in [0, 0.05) is 32.5 Å². The number of nitrogens with zero attached hydrogens (tertiary/aromatic N) is 2. The number of aliphatic imine (C=N–C) groups is 1. The third kappa shape index (κ3) is 8.75. The molecule has 2 N–H and O–H groups in total. The zero-order valence-corrected chi connectivity index (χ0v) is 18.9. The average molecular weight is 500 g/mol. The fourth-order valence-electron chi connectivity index (χ4n) is 2.35. The molecule has 28 heavy (non-hydrogen) atoms. The Hall–Kier alpha value is -2.07. The summed E-state index contributed by atoms with van der Waals surface area (Å²) in [7, 11) is 3.40. The molecule has 0 saturated heterocycles. The van der Waals surface area contributed by atoms with Gasteiger partial charge in [0.15, 0.2) is 5.96 Å². The van der Waals surface area contributed by atoms with Gasteiger partial charge in [-0.1, -0.05) is 12.1 Å². The molecule has 1 aromatic carbocycles. The van der Waals surface area contributed by atoms with E-state index in [4.69, 9.17) is 14.2 Å². The van der Waals surface area contributed by atoms with E-state index in [1.807, 2.05) is 25.1 Å². The van der Waals surface area contributed by atoms with E-state index in [1.165, 1.54) is 0 Å². The summed E-state index contributed by atoms with van der Waals surface area (Å²) in [6.07, 6.45) is 3.41. The average Bonchev–Trinajstić information content (AvgIpc) is 2.69. The van der Waals surface area contributed by atoms with Crippen LogP contribution in [0.15, 0.2) is 47.7 Å². The van der Waals surface area contributed by atoms with Gasteiger partial charge in [0.2, 0.25) is 0 Å². The molecule has 1 heterocycles. The van der Waals surface area contributed by atoms with Crippen LogP contribution >= 0.6 is 24.0 Å². The molecule has 8 heteroatoms. The number of nitrogens with one attached hydrogen (secondary N) is 2. The number of aryl methyl sites for hydroxylation is 1. The number of methoxy groups -OCH3 is 1. The SMILES string of the molecule is CN=C(NCCOc1cccnc1)NCc1ccc(C)cc1OCCOC.I. The Bertz CT molecular complexity index is 714. The van der Waals surface area contributed by atoms with Crippen LogP contribution in [0, 0.1) is 6.92 Å². The molecule has 154 valence electrons. The second-order valence-electron chi connectivity index (χ2n) is 5.84. The lowest BCUT2D eigenvalue weighted by Crippen LogP contribution is -2.39. The summed E-state index contributed by atoms with van der Waals surface area (Å²) in [6.45, 7) is 4.86. The minimum atomic E-state index is 0. The molecule has 0 bridgehead atoms. The van der Waals surface area contributed by atoms with E-state index in [9.17, 15) is 0 Å². The predicted molar refractivity (Wildman–Crippen MR) is 122 cm³/mol. The smallest absolute Gasteiger partial charge is 0.191 e. The van der Waals surface area contributed by atoms with E-state index in [1.54, 1.807) is 26.6 Å². The Kier molecular flexibility index (Phi) is 12.0. The van der Waals surface area contributed by atoms with E-state index in [2.05, 4.69) is 32.7 Å². The van der Waals surface area contributed by atoms with E-state index >= 15 is 0 Å². The minimum Gasteiger partial charge on any atom is -0.491 e. The fourth-order valence-corrected chi connectivity index (χ4v) is 2.35. The number of halogens is 1. The molecule has 0 aliphatic heterocycles. The van der Waals surface area contributed by atoms with Gasteiger partial charge in [-0.25, -0.2) is 0 Å². The lowest BCUT2D eigenvalue weighted by molar-refractivity contribution is 0.145. The van der Waals surface area contributed by atoms with Gasteiger partial charge in [-0.2, -0.15) is 0 Å². The second-order valence-corrected chi connectivity index (χ2v) is 5.84. The highest BCUT2D eigenvalue weighted by Crippen LogP contribution is 2.20.